The minimum absolute atomic E-state index is 0.786. The lowest BCUT2D eigenvalue weighted by Crippen LogP contribution is -2.10. The van der Waals surface area contributed by atoms with Crippen molar-refractivity contribution in [3.8, 4) is 33.4 Å². The first kappa shape index (κ1) is 32.4. The molecule has 0 aliphatic carbocycles. The van der Waals surface area contributed by atoms with Gasteiger partial charge in [0.2, 0.25) is 0 Å². The highest BCUT2D eigenvalue weighted by Gasteiger charge is 2.26. The maximum absolute atomic E-state index is 7.06. The smallest absolute Gasteiger partial charge is 0.159 e. The summed E-state index contributed by atoms with van der Waals surface area (Å²) >= 11 is 0. The van der Waals surface area contributed by atoms with Gasteiger partial charge in [0.1, 0.15) is 27.9 Å². The van der Waals surface area contributed by atoms with Crippen molar-refractivity contribution < 1.29 is 13.3 Å². The Labute approximate surface area is 333 Å². The summed E-state index contributed by atoms with van der Waals surface area (Å²) in [5, 5.41) is 6.20. The van der Waals surface area contributed by atoms with Gasteiger partial charge in [0, 0.05) is 38.2 Å². The number of nitrogens with zero attached hydrogens (tertiary/aromatic N) is 1. The Morgan fingerprint density at radius 3 is 1.53 bits per heavy atom. The van der Waals surface area contributed by atoms with Crippen LogP contribution >= 0.6 is 0 Å². The molecule has 0 unspecified atom stereocenters. The van der Waals surface area contributed by atoms with Crippen molar-refractivity contribution in [3.05, 3.63) is 200 Å². The molecular formula is C54H33NO3. The standard InChI is InChI=1S/C54H33NO3/c1-3-13-34(14-4-1)36-25-27-38(28-26-36)50-52-42-18-8-10-23-47(42)56-49(52)33-43-51-44(20-12-24-48(51)58-54(43)50)55(39-31-29-37(30-32-39)35-15-5-2-6-16-35)45-21-11-19-41-40-17-7-9-22-46(40)57-53(41)45/h1-33H. The van der Waals surface area contributed by atoms with Crippen molar-refractivity contribution in [2.75, 3.05) is 4.90 Å². The summed E-state index contributed by atoms with van der Waals surface area (Å²) in [6.07, 6.45) is 0. The molecule has 0 aliphatic rings. The molecule has 0 saturated carbocycles. The van der Waals surface area contributed by atoms with E-state index in [0.29, 0.717) is 0 Å². The van der Waals surface area contributed by atoms with Crippen LogP contribution in [0, 0.1) is 0 Å². The van der Waals surface area contributed by atoms with Crippen LogP contribution in [0.3, 0.4) is 0 Å². The highest BCUT2D eigenvalue weighted by atomic mass is 16.3. The van der Waals surface area contributed by atoms with Gasteiger partial charge in [-0.1, -0.05) is 152 Å². The van der Waals surface area contributed by atoms with E-state index in [1.165, 1.54) is 11.1 Å². The van der Waals surface area contributed by atoms with Crippen molar-refractivity contribution >= 4 is 82.9 Å². The molecule has 0 atom stereocenters. The molecule has 0 aliphatic heterocycles. The van der Waals surface area contributed by atoms with Crippen molar-refractivity contribution in [2.45, 2.75) is 0 Å². The Balaban J connectivity index is 1.14. The first-order valence-electron chi connectivity index (χ1n) is 19.6. The lowest BCUT2D eigenvalue weighted by molar-refractivity contribution is 0.664. The number of furan rings is 3. The topological polar surface area (TPSA) is 42.7 Å². The number of para-hydroxylation sites is 3. The minimum Gasteiger partial charge on any atom is -0.456 e. The molecule has 12 aromatic rings. The molecule has 3 aromatic heterocycles. The second-order valence-electron chi connectivity index (χ2n) is 14.8. The molecule has 272 valence electrons. The van der Waals surface area contributed by atoms with Crippen LogP contribution in [0.2, 0.25) is 0 Å². The second-order valence-corrected chi connectivity index (χ2v) is 14.8. The highest BCUT2D eigenvalue weighted by Crippen LogP contribution is 2.50. The molecule has 58 heavy (non-hydrogen) atoms. The molecule has 12 rings (SSSR count). The van der Waals surface area contributed by atoms with Crippen molar-refractivity contribution in [1.29, 1.82) is 0 Å². The van der Waals surface area contributed by atoms with Crippen LogP contribution in [-0.2, 0) is 0 Å². The van der Waals surface area contributed by atoms with Crippen molar-refractivity contribution in [2.24, 2.45) is 0 Å². The summed E-state index contributed by atoms with van der Waals surface area (Å²) in [5.74, 6) is 0. The zero-order chi connectivity index (χ0) is 38.2. The Hall–Kier alpha value is -7.82. The Kier molecular flexibility index (Phi) is 7.20. The molecule has 0 saturated heterocycles. The zero-order valence-corrected chi connectivity index (χ0v) is 31.2. The van der Waals surface area contributed by atoms with Crippen LogP contribution in [-0.4, -0.2) is 0 Å². The van der Waals surface area contributed by atoms with Crippen LogP contribution in [0.5, 0.6) is 0 Å². The lowest BCUT2D eigenvalue weighted by Gasteiger charge is -2.26. The number of rotatable bonds is 6. The summed E-state index contributed by atoms with van der Waals surface area (Å²) < 4.78 is 20.5. The number of fused-ring (bicyclic) bond motifs is 9. The largest absolute Gasteiger partial charge is 0.456 e. The maximum Gasteiger partial charge on any atom is 0.159 e. The fraction of sp³-hybridized carbons (Fsp3) is 0. The van der Waals surface area contributed by atoms with Gasteiger partial charge in [-0.25, -0.2) is 0 Å². The number of benzene rings is 9. The molecule has 0 amide bonds. The van der Waals surface area contributed by atoms with Gasteiger partial charge < -0.3 is 18.2 Å². The highest BCUT2D eigenvalue weighted by molar-refractivity contribution is 6.26. The van der Waals surface area contributed by atoms with Gasteiger partial charge in [0.05, 0.1) is 16.8 Å². The molecule has 0 fully saturated rings. The second kappa shape index (κ2) is 12.9. The molecule has 3 heterocycles. The van der Waals surface area contributed by atoms with E-state index in [1.54, 1.807) is 0 Å². The van der Waals surface area contributed by atoms with Crippen LogP contribution in [0.15, 0.2) is 213 Å². The lowest BCUT2D eigenvalue weighted by atomic mass is 9.94. The van der Waals surface area contributed by atoms with Gasteiger partial charge in [0.15, 0.2) is 5.58 Å². The number of anilines is 3. The van der Waals surface area contributed by atoms with E-state index in [1.807, 2.05) is 36.4 Å². The number of hydrogen-bond donors (Lipinski definition) is 0. The van der Waals surface area contributed by atoms with Gasteiger partial charge in [0.25, 0.3) is 0 Å². The molecule has 9 aromatic carbocycles. The van der Waals surface area contributed by atoms with Gasteiger partial charge in [-0.15, -0.1) is 0 Å². The summed E-state index contributed by atoms with van der Waals surface area (Å²) in [6.45, 7) is 0. The quantitative estimate of drug-likeness (QED) is 0.170. The molecular weight excluding hydrogens is 711 g/mol. The SMILES string of the molecule is c1ccc(-c2ccc(-c3c4oc5cccc(N(c6ccc(-c7ccccc7)cc6)c6cccc7c6oc6ccccc67)c5c4cc4oc5ccccc5c34)cc2)cc1. The average Bonchev–Trinajstić information content (AvgIpc) is 3.98. The fourth-order valence-electron chi connectivity index (χ4n) is 8.82. The van der Waals surface area contributed by atoms with Gasteiger partial charge in [-0.2, -0.15) is 0 Å². The van der Waals surface area contributed by atoms with Crippen LogP contribution in [0.4, 0.5) is 17.1 Å². The average molecular weight is 744 g/mol. The zero-order valence-electron chi connectivity index (χ0n) is 31.2. The predicted octanol–water partition coefficient (Wildman–Crippen LogP) is 15.9. The van der Waals surface area contributed by atoms with Crippen LogP contribution < -0.4 is 4.90 Å². The normalized spacial score (nSPS) is 11.8. The molecule has 0 bridgehead atoms. The molecule has 4 nitrogen and oxygen atoms in total. The third kappa shape index (κ3) is 5.02. The van der Waals surface area contributed by atoms with Gasteiger partial charge in [-0.3, -0.25) is 0 Å². The third-order valence-electron chi connectivity index (χ3n) is 11.5. The predicted molar refractivity (Wildman–Crippen MR) is 239 cm³/mol. The summed E-state index contributed by atoms with van der Waals surface area (Å²) in [6, 6.07) is 70.0. The van der Waals surface area contributed by atoms with E-state index in [4.69, 9.17) is 13.3 Å². The van der Waals surface area contributed by atoms with Gasteiger partial charge in [-0.05, 0) is 76.3 Å². The third-order valence-corrected chi connectivity index (χ3v) is 11.5. The molecule has 0 N–H and O–H groups in total. The maximum atomic E-state index is 7.06. The molecule has 4 heteroatoms. The van der Waals surface area contributed by atoms with E-state index < -0.39 is 0 Å². The molecule has 0 radical (unpaired) electrons. The monoisotopic (exact) mass is 743 g/mol. The van der Waals surface area contributed by atoms with E-state index in [-0.39, 0.29) is 0 Å². The van der Waals surface area contributed by atoms with E-state index in [0.717, 1.165) is 105 Å². The van der Waals surface area contributed by atoms with E-state index >= 15 is 0 Å². The van der Waals surface area contributed by atoms with Crippen molar-refractivity contribution in [1.82, 2.24) is 0 Å². The Bertz CT molecular complexity index is 3480. The van der Waals surface area contributed by atoms with E-state index in [9.17, 15) is 0 Å². The van der Waals surface area contributed by atoms with Crippen molar-refractivity contribution in [3.63, 3.8) is 0 Å². The molecule has 0 spiro atoms. The summed E-state index contributed by atoms with van der Waals surface area (Å²) in [5.41, 5.74) is 14.5. The minimum atomic E-state index is 0.786. The first-order valence-corrected chi connectivity index (χ1v) is 19.6. The summed E-state index contributed by atoms with van der Waals surface area (Å²) in [4.78, 5) is 2.31. The number of hydrogen-bond acceptors (Lipinski definition) is 4. The van der Waals surface area contributed by atoms with E-state index in [2.05, 4.69) is 169 Å². The van der Waals surface area contributed by atoms with Gasteiger partial charge >= 0.3 is 0 Å². The Morgan fingerprint density at radius 1 is 0.293 bits per heavy atom. The first-order chi connectivity index (χ1) is 28.8. The fourth-order valence-corrected chi connectivity index (χ4v) is 8.82. The van der Waals surface area contributed by atoms with Crippen LogP contribution in [0.25, 0.3) is 99.2 Å². The summed E-state index contributed by atoms with van der Waals surface area (Å²) in [7, 11) is 0. The van der Waals surface area contributed by atoms with Crippen LogP contribution in [0.1, 0.15) is 0 Å². The Morgan fingerprint density at radius 2 is 0.810 bits per heavy atom.